The van der Waals surface area contributed by atoms with Gasteiger partial charge in [0, 0.05) is 25.8 Å². The SMILES string of the molecule is BrCC1(C(Br)Br)[C@@H]2CC(Br)(Br)C1(C(Br)Br)[C@H](Br)[C@H]2Br. The van der Waals surface area contributed by atoms with E-state index in [0.29, 0.717) is 15.6 Å². The molecular formula is C10H9Br9. The zero-order valence-electron chi connectivity index (χ0n) is 9.20. The van der Waals surface area contributed by atoms with Crippen molar-refractivity contribution >= 4 is 143 Å². The highest BCUT2D eigenvalue weighted by molar-refractivity contribution is 9.26. The molecule has 0 heterocycles. The molecule has 0 amide bonds. The van der Waals surface area contributed by atoms with Gasteiger partial charge in [-0.05, 0) is 12.3 Å². The third kappa shape index (κ3) is 2.37. The molecular weight excluding hydrogens is 839 g/mol. The molecule has 2 fully saturated rings. The minimum Gasteiger partial charge on any atom is -0.0921 e. The third-order valence-corrected chi connectivity index (χ3v) is 13.7. The Morgan fingerprint density at radius 3 is 1.84 bits per heavy atom. The molecule has 19 heavy (non-hydrogen) atoms. The van der Waals surface area contributed by atoms with Crippen LogP contribution < -0.4 is 0 Å². The van der Waals surface area contributed by atoms with Crippen LogP contribution in [0.25, 0.3) is 0 Å². The summed E-state index contributed by atoms with van der Waals surface area (Å²) in [7, 11) is 0. The Bertz CT molecular complexity index is 370. The van der Waals surface area contributed by atoms with Gasteiger partial charge in [-0.3, -0.25) is 0 Å². The fourth-order valence-electron chi connectivity index (χ4n) is 3.68. The quantitative estimate of drug-likeness (QED) is 0.257. The van der Waals surface area contributed by atoms with E-state index in [9.17, 15) is 0 Å². The summed E-state index contributed by atoms with van der Waals surface area (Å²) in [5.41, 5.74) is -0.0556. The summed E-state index contributed by atoms with van der Waals surface area (Å²) >= 11 is 34.8. The molecule has 0 aromatic heterocycles. The van der Waals surface area contributed by atoms with Gasteiger partial charge in [-0.1, -0.05) is 143 Å². The second-order valence-corrected chi connectivity index (χ2v) is 17.5. The van der Waals surface area contributed by atoms with Crippen molar-refractivity contribution < 1.29 is 0 Å². The zero-order valence-corrected chi connectivity index (χ0v) is 23.5. The maximum atomic E-state index is 3.95. The fourth-order valence-corrected chi connectivity index (χ4v) is 17.2. The lowest BCUT2D eigenvalue weighted by molar-refractivity contribution is 0.166. The zero-order chi connectivity index (χ0) is 14.8. The van der Waals surface area contributed by atoms with Crippen molar-refractivity contribution in [1.82, 2.24) is 0 Å². The molecule has 0 aliphatic heterocycles. The minimum absolute atomic E-state index is 0.0278. The average molecular weight is 848 g/mol. The Labute approximate surface area is 189 Å². The highest BCUT2D eigenvalue weighted by Crippen LogP contribution is 2.82. The minimum atomic E-state index is -0.138. The molecule has 0 aromatic rings. The first-order valence-electron chi connectivity index (χ1n) is 5.39. The molecule has 2 unspecified atom stereocenters. The van der Waals surface area contributed by atoms with E-state index < -0.39 is 0 Å². The Morgan fingerprint density at radius 2 is 1.53 bits per heavy atom. The molecule has 0 radical (unpaired) electrons. The first-order valence-corrected chi connectivity index (χ1v) is 13.6. The molecule has 2 bridgehead atoms. The van der Waals surface area contributed by atoms with Crippen LogP contribution in [0.4, 0.5) is 0 Å². The van der Waals surface area contributed by atoms with Crippen LogP contribution in [0.15, 0.2) is 0 Å². The summed E-state index contributed by atoms with van der Waals surface area (Å²) < 4.78 is 0.216. The van der Waals surface area contributed by atoms with Gasteiger partial charge in [-0.15, -0.1) is 0 Å². The Morgan fingerprint density at radius 1 is 1.00 bits per heavy atom. The third-order valence-electron chi connectivity index (χ3n) is 4.57. The molecule has 2 saturated carbocycles. The number of alkyl halides is 9. The molecule has 0 spiro atoms. The maximum absolute atomic E-state index is 3.95. The number of fused-ring (bicyclic) bond motifs is 2. The van der Waals surface area contributed by atoms with Gasteiger partial charge >= 0.3 is 0 Å². The summed E-state index contributed by atoms with van der Waals surface area (Å²) in [6, 6.07) is 0. The Balaban J connectivity index is 2.74. The topological polar surface area (TPSA) is 0 Å². The van der Waals surface area contributed by atoms with Gasteiger partial charge in [0.1, 0.15) is 0 Å². The summed E-state index contributed by atoms with van der Waals surface area (Å²) in [6.45, 7) is 0. The normalized spacial score (nSPS) is 48.5. The van der Waals surface area contributed by atoms with Crippen molar-refractivity contribution in [2.75, 3.05) is 5.33 Å². The van der Waals surface area contributed by atoms with E-state index in [4.69, 9.17) is 0 Å². The lowest BCUT2D eigenvalue weighted by atomic mass is 9.70. The molecule has 0 aromatic carbocycles. The molecule has 2 rings (SSSR count). The van der Waals surface area contributed by atoms with Crippen molar-refractivity contribution in [2.45, 2.75) is 26.8 Å². The summed E-state index contributed by atoms with van der Waals surface area (Å²) in [5.74, 6) is 0.511. The highest BCUT2D eigenvalue weighted by Gasteiger charge is 2.82. The van der Waals surface area contributed by atoms with Crippen LogP contribution in [0.5, 0.6) is 0 Å². The maximum Gasteiger partial charge on any atom is 0.0901 e. The summed E-state index contributed by atoms with van der Waals surface area (Å²) in [6.07, 6.45) is 1.05. The standard InChI is InChI=1S/C10H9Br9/c11-2-8(6(14)15)3-1-9(18,19)10(8,7(16)17)5(13)4(3)12/h3-7H,1-2H2/t3-,4+,5-,8?,10?/m1/s1. The molecule has 2 aliphatic rings. The smallest absolute Gasteiger partial charge is 0.0901 e. The van der Waals surface area contributed by atoms with E-state index in [1.54, 1.807) is 0 Å². The van der Waals surface area contributed by atoms with Gasteiger partial charge in [0.05, 0.1) is 10.7 Å². The summed E-state index contributed by atoms with van der Waals surface area (Å²) in [4.78, 5) is 0.736. The van der Waals surface area contributed by atoms with Crippen LogP contribution in [0.2, 0.25) is 0 Å². The van der Waals surface area contributed by atoms with Crippen LogP contribution in [0, 0.1) is 16.7 Å². The van der Waals surface area contributed by atoms with Crippen molar-refractivity contribution in [3.63, 3.8) is 0 Å². The van der Waals surface area contributed by atoms with Crippen LogP contribution in [-0.2, 0) is 0 Å². The second-order valence-electron chi connectivity index (χ2n) is 5.01. The molecule has 0 nitrogen and oxygen atoms in total. The van der Waals surface area contributed by atoms with Gasteiger partial charge in [-0.2, -0.15) is 0 Å². The van der Waals surface area contributed by atoms with E-state index in [1.165, 1.54) is 0 Å². The summed E-state index contributed by atoms with van der Waals surface area (Å²) in [5, 5.41) is 0.905. The average Bonchev–Trinajstić information content (AvgIpc) is 2.62. The van der Waals surface area contributed by atoms with Crippen LogP contribution >= 0.6 is 143 Å². The van der Waals surface area contributed by atoms with Gasteiger partial charge in [0.15, 0.2) is 0 Å². The van der Waals surface area contributed by atoms with E-state index >= 15 is 0 Å². The second kappa shape index (κ2) is 6.56. The van der Waals surface area contributed by atoms with E-state index in [1.807, 2.05) is 0 Å². The molecule has 112 valence electrons. The lowest BCUT2D eigenvalue weighted by Crippen LogP contribution is -2.57. The van der Waals surface area contributed by atoms with Crippen LogP contribution in [0.1, 0.15) is 6.42 Å². The number of halogens is 9. The number of hydrogen-bond acceptors (Lipinski definition) is 0. The Kier molecular flexibility index (Phi) is 6.78. The van der Waals surface area contributed by atoms with Crippen molar-refractivity contribution in [3.8, 4) is 0 Å². The van der Waals surface area contributed by atoms with Gasteiger partial charge in [0.2, 0.25) is 0 Å². The van der Waals surface area contributed by atoms with Crippen LogP contribution in [0.3, 0.4) is 0 Å². The van der Waals surface area contributed by atoms with E-state index in [-0.39, 0.29) is 21.5 Å². The molecule has 0 N–H and O–H groups in total. The molecule has 5 atom stereocenters. The molecule has 9 heteroatoms. The first-order chi connectivity index (χ1) is 8.61. The monoisotopic (exact) mass is 839 g/mol. The molecule has 2 aliphatic carbocycles. The lowest BCUT2D eigenvalue weighted by Gasteiger charge is -2.52. The van der Waals surface area contributed by atoms with E-state index in [2.05, 4.69) is 143 Å². The van der Waals surface area contributed by atoms with Gasteiger partial charge in [0.25, 0.3) is 0 Å². The number of hydrogen-bond donors (Lipinski definition) is 0. The van der Waals surface area contributed by atoms with Crippen molar-refractivity contribution in [1.29, 1.82) is 0 Å². The van der Waals surface area contributed by atoms with E-state index in [0.717, 1.165) is 11.8 Å². The highest BCUT2D eigenvalue weighted by atomic mass is 79.9. The largest absolute Gasteiger partial charge is 0.0921 e. The predicted molar refractivity (Wildman–Crippen MR) is 116 cm³/mol. The Hall–Kier alpha value is 4.32. The van der Waals surface area contributed by atoms with Gasteiger partial charge in [-0.25, -0.2) is 0 Å². The molecule has 0 saturated heterocycles. The van der Waals surface area contributed by atoms with Crippen molar-refractivity contribution in [3.05, 3.63) is 0 Å². The fraction of sp³-hybridized carbons (Fsp3) is 1.00. The van der Waals surface area contributed by atoms with Crippen LogP contribution in [-0.4, -0.2) is 25.7 Å². The van der Waals surface area contributed by atoms with Gasteiger partial charge < -0.3 is 0 Å². The predicted octanol–water partition coefficient (Wildman–Crippen LogP) is 7.63. The van der Waals surface area contributed by atoms with Crippen molar-refractivity contribution in [2.24, 2.45) is 16.7 Å². The first kappa shape index (κ1) is 19.6. The number of rotatable bonds is 3.